The maximum Gasteiger partial charge on any atom is 0.335 e. The molecule has 1 fully saturated rings. The Morgan fingerprint density at radius 2 is 1.20 bits per heavy atom. The van der Waals surface area contributed by atoms with Gasteiger partial charge in [0.2, 0.25) is 0 Å². The Hall–Kier alpha value is -5.20. The maximum atomic E-state index is 14.1. The second-order valence-electron chi connectivity index (χ2n) is 12.1. The summed E-state index contributed by atoms with van der Waals surface area (Å²) in [6.45, 7) is -0.0878. The molecule has 294 valence electrons. The zero-order chi connectivity index (χ0) is 39.7. The average molecular weight is 805 g/mol. The van der Waals surface area contributed by atoms with Crippen molar-refractivity contribution < 1.29 is 73.7 Å². The second-order valence-corrected chi connectivity index (χ2v) is 14.7. The molecule has 0 atom stereocenters. The lowest BCUT2D eigenvalue weighted by atomic mass is 9.75. The van der Waals surface area contributed by atoms with E-state index in [0.717, 1.165) is 17.2 Å². The number of carbonyl (C=O) groups is 4. The van der Waals surface area contributed by atoms with E-state index in [9.17, 15) is 45.1 Å². The zero-order valence-corrected chi connectivity index (χ0v) is 30.2. The van der Waals surface area contributed by atoms with Crippen molar-refractivity contribution in [3.8, 4) is 11.5 Å². The Balaban J connectivity index is 1.14. The fraction of sp³-hybridized carbons (Fsp3) is 0.333. The smallest absolute Gasteiger partial charge is 0.335 e. The molecule has 20 nitrogen and oxygen atoms in total. The summed E-state index contributed by atoms with van der Waals surface area (Å²) in [7, 11) is -10.8. The van der Waals surface area contributed by atoms with Crippen LogP contribution in [0.25, 0.3) is 0 Å². The number of ether oxygens (including phenoxy) is 4. The second kappa shape index (κ2) is 15.5. The third-order valence-electron chi connectivity index (χ3n) is 8.65. The van der Waals surface area contributed by atoms with Gasteiger partial charge in [0.1, 0.15) is 30.0 Å². The number of hydroxylamine groups is 4. The molecule has 3 aromatic rings. The first-order valence-electron chi connectivity index (χ1n) is 16.4. The monoisotopic (exact) mass is 804 g/mol. The highest BCUT2D eigenvalue weighted by molar-refractivity contribution is 7.86. The molecular weight excluding hydrogens is 773 g/mol. The number of amides is 3. The summed E-state index contributed by atoms with van der Waals surface area (Å²) in [5, 5.41) is 1.31. The van der Waals surface area contributed by atoms with Crippen molar-refractivity contribution in [3.63, 3.8) is 0 Å². The molecule has 3 amide bonds. The minimum Gasteiger partial charge on any atom is -0.744 e. The van der Waals surface area contributed by atoms with E-state index in [1.165, 1.54) is 24.3 Å². The molecule has 0 bridgehead atoms. The standard InChI is InChI=1S/C33H34N4O16S2/c34-23-7-5-21-28(30(23)54(42,43)44)52-29-22(6-8-24(35)31(29)55(45,46)47)33(21)20-4-2-1-3-19(20)32(41)37(33)51-18-17-50-16-15-49-14-13-48-12-11-27(40)53-36-25(38)9-10-26(36)39/h1-8H,9-18,34-35H2,(H,42,43,44)(H,45,46,47)/p-2. The Kier molecular flexibility index (Phi) is 11.1. The van der Waals surface area contributed by atoms with Crippen molar-refractivity contribution >= 4 is 55.3 Å². The van der Waals surface area contributed by atoms with Gasteiger partial charge in [-0.1, -0.05) is 18.2 Å². The quantitative estimate of drug-likeness (QED) is 0.0861. The fourth-order valence-corrected chi connectivity index (χ4v) is 7.87. The number of benzene rings is 3. The average Bonchev–Trinajstić information content (AvgIpc) is 3.55. The van der Waals surface area contributed by atoms with Gasteiger partial charge < -0.3 is 44.4 Å². The zero-order valence-electron chi connectivity index (χ0n) is 28.6. The minimum atomic E-state index is -5.42. The van der Waals surface area contributed by atoms with Crippen LogP contribution in [0.4, 0.5) is 11.4 Å². The Labute approximate surface area is 313 Å². The van der Waals surface area contributed by atoms with Crippen molar-refractivity contribution in [2.75, 3.05) is 57.7 Å². The number of rotatable bonds is 16. The van der Waals surface area contributed by atoms with E-state index in [0.29, 0.717) is 5.06 Å². The fourth-order valence-electron chi connectivity index (χ4n) is 6.40. The Morgan fingerprint density at radius 3 is 1.73 bits per heavy atom. The molecule has 1 spiro atoms. The maximum absolute atomic E-state index is 14.1. The van der Waals surface area contributed by atoms with Gasteiger partial charge in [-0.25, -0.2) is 21.6 Å². The minimum absolute atomic E-state index is 0.0153. The molecule has 3 aliphatic heterocycles. The molecule has 0 saturated carbocycles. The Bertz CT molecular complexity index is 2180. The van der Waals surface area contributed by atoms with Crippen LogP contribution in [0.5, 0.6) is 11.5 Å². The number of fused-ring (bicyclic) bond motifs is 6. The van der Waals surface area contributed by atoms with Gasteiger partial charge in [-0.3, -0.25) is 19.2 Å². The summed E-state index contributed by atoms with van der Waals surface area (Å²) in [5.74, 6) is -4.19. The molecule has 6 rings (SSSR count). The van der Waals surface area contributed by atoms with E-state index >= 15 is 0 Å². The molecule has 1 saturated heterocycles. The van der Waals surface area contributed by atoms with E-state index in [2.05, 4.69) is 0 Å². The first kappa shape index (κ1) is 39.5. The molecule has 0 aliphatic carbocycles. The van der Waals surface area contributed by atoms with E-state index < -0.39 is 82.1 Å². The summed E-state index contributed by atoms with van der Waals surface area (Å²) in [4.78, 5) is 57.6. The van der Waals surface area contributed by atoms with Crippen LogP contribution in [0.15, 0.2) is 58.3 Å². The highest BCUT2D eigenvalue weighted by Gasteiger charge is 2.59. The van der Waals surface area contributed by atoms with Gasteiger partial charge in [0.05, 0.1) is 64.0 Å². The van der Waals surface area contributed by atoms with Gasteiger partial charge in [0.25, 0.3) is 17.7 Å². The summed E-state index contributed by atoms with van der Waals surface area (Å²) >= 11 is 0. The summed E-state index contributed by atoms with van der Waals surface area (Å²) in [6, 6.07) is 10.8. The normalized spacial score (nSPS) is 15.9. The number of anilines is 2. The van der Waals surface area contributed by atoms with E-state index in [1.54, 1.807) is 12.1 Å². The van der Waals surface area contributed by atoms with Crippen LogP contribution in [0.1, 0.15) is 46.3 Å². The molecular formula is C33H32N4O16S2-2. The number of nitrogens with two attached hydrogens (primary N) is 2. The Morgan fingerprint density at radius 1 is 0.709 bits per heavy atom. The molecule has 3 aliphatic rings. The van der Waals surface area contributed by atoms with Crippen molar-refractivity contribution in [2.24, 2.45) is 0 Å². The first-order chi connectivity index (χ1) is 26.1. The third kappa shape index (κ3) is 7.45. The molecule has 0 radical (unpaired) electrons. The number of carbonyl (C=O) groups excluding carboxylic acids is 4. The van der Waals surface area contributed by atoms with Gasteiger partial charge in [-0.05, 0) is 30.3 Å². The number of nitrogen functional groups attached to an aromatic ring is 2. The topological polar surface area (TPSA) is 297 Å². The van der Waals surface area contributed by atoms with Crippen LogP contribution in [-0.2, 0) is 64.0 Å². The predicted molar refractivity (Wildman–Crippen MR) is 180 cm³/mol. The molecule has 0 aromatic heterocycles. The van der Waals surface area contributed by atoms with Crippen LogP contribution in [0, 0.1) is 0 Å². The number of hydrogen-bond acceptors (Lipinski definition) is 18. The van der Waals surface area contributed by atoms with Gasteiger partial charge in [0.15, 0.2) is 17.0 Å². The molecule has 22 heteroatoms. The molecule has 0 unspecified atom stereocenters. The van der Waals surface area contributed by atoms with Gasteiger partial charge in [0, 0.05) is 35.1 Å². The van der Waals surface area contributed by atoms with Crippen LogP contribution in [0.2, 0.25) is 0 Å². The van der Waals surface area contributed by atoms with Crippen molar-refractivity contribution in [1.29, 1.82) is 0 Å². The number of hydrogen-bond donors (Lipinski definition) is 2. The van der Waals surface area contributed by atoms with Crippen molar-refractivity contribution in [1.82, 2.24) is 10.1 Å². The van der Waals surface area contributed by atoms with Crippen LogP contribution >= 0.6 is 0 Å². The third-order valence-corrected chi connectivity index (χ3v) is 10.5. The van der Waals surface area contributed by atoms with Crippen molar-refractivity contribution in [2.45, 2.75) is 34.6 Å². The SMILES string of the molecule is Nc1ccc2c(c1S(=O)(=O)[O-])Oc1c(ccc(N)c1S(=O)(=O)[O-])C21c2ccccc2C(=O)N1OCCOCCOCCOCCC(=O)ON1C(=O)CCC1=O. The largest absolute Gasteiger partial charge is 0.744 e. The van der Waals surface area contributed by atoms with Crippen LogP contribution in [0.3, 0.4) is 0 Å². The molecule has 4 N–H and O–H groups in total. The molecule has 55 heavy (non-hydrogen) atoms. The van der Waals surface area contributed by atoms with Gasteiger partial charge in [-0.2, -0.15) is 5.06 Å². The summed E-state index contributed by atoms with van der Waals surface area (Å²) in [6.07, 6.45) is -0.229. The summed E-state index contributed by atoms with van der Waals surface area (Å²) < 4.78 is 97.4. The highest BCUT2D eigenvalue weighted by Crippen LogP contribution is 2.60. The molecule has 3 aromatic carbocycles. The number of imide groups is 1. The van der Waals surface area contributed by atoms with Crippen LogP contribution < -0.4 is 16.2 Å². The number of nitrogens with zero attached hydrogens (tertiary/aromatic N) is 2. The van der Waals surface area contributed by atoms with E-state index in [4.69, 9.17) is 40.1 Å². The predicted octanol–water partition coefficient (Wildman–Crippen LogP) is 0.491. The first-order valence-corrected chi connectivity index (χ1v) is 19.2. The highest BCUT2D eigenvalue weighted by atomic mass is 32.2. The lowest BCUT2D eigenvalue weighted by Gasteiger charge is -2.44. The lowest BCUT2D eigenvalue weighted by molar-refractivity contribution is -0.198. The summed E-state index contributed by atoms with van der Waals surface area (Å²) in [5.41, 5.74) is 8.62. The van der Waals surface area contributed by atoms with Crippen molar-refractivity contribution in [3.05, 3.63) is 70.8 Å². The molecule has 3 heterocycles. The lowest BCUT2D eigenvalue weighted by Crippen LogP contribution is -2.48. The van der Waals surface area contributed by atoms with E-state index in [1.807, 2.05) is 0 Å². The van der Waals surface area contributed by atoms with Crippen LogP contribution in [-0.4, -0.2) is 106 Å². The van der Waals surface area contributed by atoms with Gasteiger partial charge in [-0.15, -0.1) is 5.06 Å². The van der Waals surface area contributed by atoms with Gasteiger partial charge >= 0.3 is 5.97 Å². The van der Waals surface area contributed by atoms with E-state index in [-0.39, 0.29) is 87.8 Å².